The number of amides is 2. The quantitative estimate of drug-likeness (QED) is 0.882. The Balaban J connectivity index is 2.08. The molecule has 2 rings (SSSR count). The molecule has 0 aromatic carbocycles. The van der Waals surface area contributed by atoms with Gasteiger partial charge in [0.2, 0.25) is 5.91 Å². The zero-order valence-electron chi connectivity index (χ0n) is 14.3. The molecule has 6 heteroatoms. The fraction of sp³-hybridized carbons (Fsp3) is 0.647. The molecule has 1 aromatic heterocycles. The van der Waals surface area contributed by atoms with Crippen molar-refractivity contribution >= 4 is 11.8 Å². The molecule has 1 fully saturated rings. The predicted octanol–water partition coefficient (Wildman–Crippen LogP) is 1.62. The van der Waals surface area contributed by atoms with Crippen LogP contribution in [0.25, 0.3) is 0 Å². The summed E-state index contributed by atoms with van der Waals surface area (Å²) in [4.78, 5) is 26.9. The summed E-state index contributed by atoms with van der Waals surface area (Å²) in [6.45, 7) is 9.22. The summed E-state index contributed by atoms with van der Waals surface area (Å²) in [6, 6.07) is 2.75. The number of nitrogens with two attached hydrogens (primary N) is 1. The zero-order chi connectivity index (χ0) is 17.2. The number of piperidine rings is 1. The fourth-order valence-corrected chi connectivity index (χ4v) is 2.89. The highest BCUT2D eigenvalue weighted by atomic mass is 16.3. The second kappa shape index (κ2) is 6.74. The molecule has 0 saturated carbocycles. The Morgan fingerprint density at radius 2 is 2.13 bits per heavy atom. The third-order valence-corrected chi connectivity index (χ3v) is 4.59. The normalized spacial score (nSPS) is 22.0. The Bertz CT molecular complexity index is 551. The maximum atomic E-state index is 12.9. The van der Waals surface area contributed by atoms with E-state index >= 15 is 0 Å². The first-order valence-electron chi connectivity index (χ1n) is 8.11. The van der Waals surface area contributed by atoms with Crippen LogP contribution in [-0.2, 0) is 4.79 Å². The van der Waals surface area contributed by atoms with Crippen LogP contribution >= 0.6 is 0 Å². The van der Waals surface area contributed by atoms with Crippen LogP contribution < -0.4 is 11.1 Å². The topological polar surface area (TPSA) is 88.6 Å². The van der Waals surface area contributed by atoms with Crippen LogP contribution in [0.1, 0.15) is 44.7 Å². The van der Waals surface area contributed by atoms with Gasteiger partial charge < -0.3 is 20.4 Å². The van der Waals surface area contributed by atoms with Gasteiger partial charge in [0.05, 0.1) is 6.26 Å². The van der Waals surface area contributed by atoms with Crippen molar-refractivity contribution in [1.29, 1.82) is 0 Å². The average molecular weight is 321 g/mol. The molecule has 0 radical (unpaired) electrons. The molecule has 2 atom stereocenters. The van der Waals surface area contributed by atoms with Crippen LogP contribution in [0.3, 0.4) is 0 Å². The van der Waals surface area contributed by atoms with Crippen LogP contribution in [0.15, 0.2) is 22.8 Å². The Hall–Kier alpha value is -1.82. The highest BCUT2D eigenvalue weighted by Crippen LogP contribution is 2.28. The first kappa shape index (κ1) is 17.5. The highest BCUT2D eigenvalue weighted by Gasteiger charge is 2.38. The van der Waals surface area contributed by atoms with Crippen molar-refractivity contribution in [1.82, 2.24) is 10.2 Å². The summed E-state index contributed by atoms with van der Waals surface area (Å²) in [7, 11) is 0. The maximum absolute atomic E-state index is 12.9. The van der Waals surface area contributed by atoms with Gasteiger partial charge in [-0.1, -0.05) is 27.7 Å². The lowest BCUT2D eigenvalue weighted by atomic mass is 9.79. The van der Waals surface area contributed by atoms with Crippen LogP contribution in [0.2, 0.25) is 0 Å². The van der Waals surface area contributed by atoms with Crippen molar-refractivity contribution in [2.75, 3.05) is 13.1 Å². The number of hydrogen-bond acceptors (Lipinski definition) is 4. The molecule has 23 heavy (non-hydrogen) atoms. The first-order chi connectivity index (χ1) is 10.7. The molecule has 1 aliphatic heterocycles. The van der Waals surface area contributed by atoms with Crippen molar-refractivity contribution < 1.29 is 14.0 Å². The number of rotatable bonds is 4. The van der Waals surface area contributed by atoms with Gasteiger partial charge in [-0.25, -0.2) is 0 Å². The minimum atomic E-state index is -0.572. The van der Waals surface area contributed by atoms with Crippen LogP contribution in [-0.4, -0.2) is 41.9 Å². The van der Waals surface area contributed by atoms with Crippen molar-refractivity contribution in [3.8, 4) is 0 Å². The second-order valence-electron chi connectivity index (χ2n) is 7.32. The number of hydrogen-bond donors (Lipinski definition) is 2. The van der Waals surface area contributed by atoms with Gasteiger partial charge in [0.1, 0.15) is 6.04 Å². The zero-order valence-corrected chi connectivity index (χ0v) is 14.3. The molecule has 2 amide bonds. The van der Waals surface area contributed by atoms with Crippen molar-refractivity contribution in [3.05, 3.63) is 24.2 Å². The van der Waals surface area contributed by atoms with Crippen molar-refractivity contribution in [2.45, 2.75) is 46.2 Å². The van der Waals surface area contributed by atoms with E-state index in [4.69, 9.17) is 10.2 Å². The number of carbonyl (C=O) groups excluding carboxylic acids is 2. The number of furan rings is 1. The standard InChI is InChI=1S/C17H27N3O3/c1-11(2)14(19-15(21)12-6-5-9-23-12)16(22)20-8-7-13(18)17(3,4)10-20/h5-6,9,11,13-14H,7-8,10,18H2,1-4H3,(H,19,21). The van der Waals surface area contributed by atoms with Gasteiger partial charge in [0.15, 0.2) is 5.76 Å². The fourth-order valence-electron chi connectivity index (χ4n) is 2.89. The molecule has 128 valence electrons. The molecular weight excluding hydrogens is 294 g/mol. The highest BCUT2D eigenvalue weighted by molar-refractivity contribution is 5.95. The second-order valence-corrected chi connectivity index (χ2v) is 7.32. The van der Waals surface area contributed by atoms with E-state index in [2.05, 4.69) is 19.2 Å². The lowest BCUT2D eigenvalue weighted by molar-refractivity contribution is -0.137. The Labute approximate surface area is 137 Å². The Morgan fingerprint density at radius 3 is 2.65 bits per heavy atom. The van der Waals surface area contributed by atoms with E-state index in [9.17, 15) is 9.59 Å². The molecular formula is C17H27N3O3. The number of likely N-dealkylation sites (tertiary alicyclic amines) is 1. The summed E-state index contributed by atoms with van der Waals surface area (Å²) in [6.07, 6.45) is 2.21. The Kier molecular flexibility index (Phi) is 5.14. The third kappa shape index (κ3) is 3.93. The molecule has 0 bridgehead atoms. The molecule has 0 aliphatic carbocycles. The van der Waals surface area contributed by atoms with E-state index in [0.29, 0.717) is 13.1 Å². The molecule has 6 nitrogen and oxygen atoms in total. The number of carbonyl (C=O) groups is 2. The molecule has 3 N–H and O–H groups in total. The number of nitrogens with zero attached hydrogens (tertiary/aromatic N) is 1. The number of nitrogens with one attached hydrogen (secondary N) is 1. The van der Waals surface area contributed by atoms with Gasteiger partial charge in [0.25, 0.3) is 5.91 Å². The summed E-state index contributed by atoms with van der Waals surface area (Å²) in [5.41, 5.74) is 6.01. The molecule has 2 unspecified atom stereocenters. The molecule has 1 aliphatic rings. The first-order valence-corrected chi connectivity index (χ1v) is 8.11. The van der Waals surface area contributed by atoms with Crippen molar-refractivity contribution in [2.24, 2.45) is 17.1 Å². The maximum Gasteiger partial charge on any atom is 0.287 e. The smallest absolute Gasteiger partial charge is 0.287 e. The largest absolute Gasteiger partial charge is 0.459 e. The monoisotopic (exact) mass is 321 g/mol. The van der Waals surface area contributed by atoms with Crippen LogP contribution in [0, 0.1) is 11.3 Å². The summed E-state index contributed by atoms with van der Waals surface area (Å²) in [5, 5.41) is 2.80. The average Bonchev–Trinajstić information content (AvgIpc) is 3.00. The third-order valence-electron chi connectivity index (χ3n) is 4.59. The van der Waals surface area contributed by atoms with Crippen LogP contribution in [0.5, 0.6) is 0 Å². The SMILES string of the molecule is CC(C)C(NC(=O)c1ccco1)C(=O)N1CCC(N)C(C)(C)C1. The van der Waals surface area contributed by atoms with E-state index in [1.54, 1.807) is 12.1 Å². The van der Waals surface area contributed by atoms with Crippen LogP contribution in [0.4, 0.5) is 0 Å². The Morgan fingerprint density at radius 1 is 1.43 bits per heavy atom. The summed E-state index contributed by atoms with van der Waals surface area (Å²) in [5.74, 6) is -0.223. The molecule has 0 spiro atoms. The summed E-state index contributed by atoms with van der Waals surface area (Å²) >= 11 is 0. The van der Waals surface area contributed by atoms with E-state index in [0.717, 1.165) is 6.42 Å². The van der Waals surface area contributed by atoms with E-state index in [1.807, 2.05) is 18.7 Å². The van der Waals surface area contributed by atoms with E-state index < -0.39 is 6.04 Å². The summed E-state index contributed by atoms with van der Waals surface area (Å²) < 4.78 is 5.09. The lowest BCUT2D eigenvalue weighted by Gasteiger charge is -2.44. The lowest BCUT2D eigenvalue weighted by Crippen LogP contribution is -2.59. The van der Waals surface area contributed by atoms with Gasteiger partial charge >= 0.3 is 0 Å². The molecule has 2 heterocycles. The minimum Gasteiger partial charge on any atom is -0.459 e. The predicted molar refractivity (Wildman–Crippen MR) is 87.8 cm³/mol. The van der Waals surface area contributed by atoms with E-state index in [1.165, 1.54) is 6.26 Å². The van der Waals surface area contributed by atoms with Gasteiger partial charge in [-0.3, -0.25) is 9.59 Å². The minimum absolute atomic E-state index is 0.0138. The van der Waals surface area contributed by atoms with E-state index in [-0.39, 0.29) is 34.9 Å². The van der Waals surface area contributed by atoms with Gasteiger partial charge in [0, 0.05) is 19.1 Å². The van der Waals surface area contributed by atoms with Gasteiger partial charge in [-0.15, -0.1) is 0 Å². The van der Waals surface area contributed by atoms with Gasteiger partial charge in [-0.2, -0.15) is 0 Å². The van der Waals surface area contributed by atoms with Gasteiger partial charge in [-0.05, 0) is 29.9 Å². The van der Waals surface area contributed by atoms with Crippen molar-refractivity contribution in [3.63, 3.8) is 0 Å². The molecule has 1 aromatic rings. The molecule has 1 saturated heterocycles.